The number of benzene rings is 1. The van der Waals surface area contributed by atoms with Gasteiger partial charge in [0.25, 0.3) is 0 Å². The number of carboxylic acids is 1. The van der Waals surface area contributed by atoms with Crippen LogP contribution < -0.4 is 9.47 Å². The molecule has 5 heteroatoms. The third-order valence-electron chi connectivity index (χ3n) is 2.08. The predicted molar refractivity (Wildman–Crippen MR) is 49.3 cm³/mol. The van der Waals surface area contributed by atoms with Crippen LogP contribution in [0.4, 0.5) is 0 Å². The van der Waals surface area contributed by atoms with Crippen LogP contribution in [0.25, 0.3) is 0 Å². The highest BCUT2D eigenvalue weighted by atomic mass is 35.5. The predicted octanol–water partition coefficient (Wildman–Crippen LogP) is 2.08. The molecule has 1 aliphatic heterocycles. The number of halogens is 1. The second-order valence-electron chi connectivity index (χ2n) is 2.90. The zero-order chi connectivity index (χ0) is 10.3. The van der Waals surface area contributed by atoms with Crippen molar-refractivity contribution in [1.82, 2.24) is 0 Å². The van der Waals surface area contributed by atoms with Crippen molar-refractivity contribution >= 4 is 17.6 Å². The second kappa shape index (κ2) is 3.06. The van der Waals surface area contributed by atoms with Gasteiger partial charge in [-0.2, -0.15) is 0 Å². The monoisotopic (exact) mass is 214 g/mol. The van der Waals surface area contributed by atoms with Crippen LogP contribution >= 0.6 is 11.6 Å². The molecule has 4 nitrogen and oxygen atoms in total. The lowest BCUT2D eigenvalue weighted by Gasteiger charge is -2.06. The van der Waals surface area contributed by atoms with Gasteiger partial charge in [0.05, 0.1) is 10.6 Å². The first kappa shape index (κ1) is 9.15. The van der Waals surface area contributed by atoms with Crippen LogP contribution in [0.2, 0.25) is 5.02 Å². The summed E-state index contributed by atoms with van der Waals surface area (Å²) in [7, 11) is 0. The number of ether oxygens (including phenoxy) is 2. The van der Waals surface area contributed by atoms with Gasteiger partial charge in [0.15, 0.2) is 11.5 Å². The van der Waals surface area contributed by atoms with Gasteiger partial charge in [0.1, 0.15) is 0 Å². The summed E-state index contributed by atoms with van der Waals surface area (Å²) in [6.07, 6.45) is 0. The summed E-state index contributed by atoms with van der Waals surface area (Å²) in [6, 6.07) is 1.42. The van der Waals surface area contributed by atoms with Crippen LogP contribution in [0, 0.1) is 6.92 Å². The number of carbonyl (C=O) groups is 1. The van der Waals surface area contributed by atoms with Gasteiger partial charge in [-0.15, -0.1) is 0 Å². The van der Waals surface area contributed by atoms with Crippen LogP contribution in [0.3, 0.4) is 0 Å². The number of aromatic carboxylic acids is 1. The molecule has 0 aromatic heterocycles. The van der Waals surface area contributed by atoms with E-state index < -0.39 is 5.97 Å². The van der Waals surface area contributed by atoms with Gasteiger partial charge >= 0.3 is 5.97 Å². The Morgan fingerprint density at radius 3 is 2.93 bits per heavy atom. The van der Waals surface area contributed by atoms with E-state index in [0.29, 0.717) is 22.1 Å². The number of fused-ring (bicyclic) bond motifs is 1. The van der Waals surface area contributed by atoms with E-state index in [1.54, 1.807) is 6.92 Å². The molecule has 0 radical (unpaired) electrons. The number of hydrogen-bond acceptors (Lipinski definition) is 3. The Bertz CT molecular complexity index is 414. The zero-order valence-electron chi connectivity index (χ0n) is 7.33. The van der Waals surface area contributed by atoms with Crippen LogP contribution in [-0.2, 0) is 0 Å². The average molecular weight is 215 g/mol. The van der Waals surface area contributed by atoms with Crippen molar-refractivity contribution in [2.24, 2.45) is 0 Å². The van der Waals surface area contributed by atoms with Crippen molar-refractivity contribution in [3.05, 3.63) is 22.2 Å². The second-order valence-corrected chi connectivity index (χ2v) is 3.28. The van der Waals surface area contributed by atoms with Crippen molar-refractivity contribution in [3.8, 4) is 11.5 Å². The highest BCUT2D eigenvalue weighted by molar-refractivity contribution is 6.33. The summed E-state index contributed by atoms with van der Waals surface area (Å²) in [5.74, 6) is -0.213. The summed E-state index contributed by atoms with van der Waals surface area (Å²) >= 11 is 5.92. The fourth-order valence-electron chi connectivity index (χ4n) is 1.32. The molecule has 0 spiro atoms. The molecule has 0 aliphatic carbocycles. The minimum absolute atomic E-state index is 0.0809. The molecule has 1 N–H and O–H groups in total. The van der Waals surface area contributed by atoms with E-state index in [1.165, 1.54) is 6.07 Å². The van der Waals surface area contributed by atoms with E-state index in [0.717, 1.165) is 0 Å². The first-order chi connectivity index (χ1) is 6.61. The van der Waals surface area contributed by atoms with Gasteiger partial charge in [0, 0.05) is 0 Å². The van der Waals surface area contributed by atoms with E-state index >= 15 is 0 Å². The fourth-order valence-corrected chi connectivity index (χ4v) is 1.57. The van der Waals surface area contributed by atoms with Crippen LogP contribution in [-0.4, -0.2) is 17.9 Å². The molecule has 1 aliphatic rings. The Labute approximate surface area is 85.0 Å². The van der Waals surface area contributed by atoms with E-state index in [4.69, 9.17) is 26.2 Å². The molecular formula is C9H7ClO4. The molecular weight excluding hydrogens is 208 g/mol. The molecule has 74 valence electrons. The lowest BCUT2D eigenvalue weighted by Crippen LogP contribution is -2.00. The summed E-state index contributed by atoms with van der Waals surface area (Å²) in [4.78, 5) is 10.8. The first-order valence-corrected chi connectivity index (χ1v) is 4.31. The molecule has 0 saturated heterocycles. The highest BCUT2D eigenvalue weighted by Crippen LogP contribution is 2.42. The third kappa shape index (κ3) is 1.19. The highest BCUT2D eigenvalue weighted by Gasteiger charge is 2.23. The zero-order valence-corrected chi connectivity index (χ0v) is 8.09. The third-order valence-corrected chi connectivity index (χ3v) is 2.54. The van der Waals surface area contributed by atoms with Crippen molar-refractivity contribution < 1.29 is 19.4 Å². The standard InChI is InChI=1S/C9H7ClO4/c1-4-5(9(11)12)2-6-8(7(4)10)14-3-13-6/h2H,3H2,1H3,(H,11,12). The SMILES string of the molecule is Cc1c(C(=O)O)cc2c(c1Cl)OCO2. The maximum absolute atomic E-state index is 10.8. The largest absolute Gasteiger partial charge is 0.478 e. The lowest BCUT2D eigenvalue weighted by molar-refractivity contribution is 0.0695. The quantitative estimate of drug-likeness (QED) is 0.778. The number of hydrogen-bond donors (Lipinski definition) is 1. The van der Waals surface area contributed by atoms with E-state index in [2.05, 4.69) is 0 Å². The summed E-state index contributed by atoms with van der Waals surface area (Å²) in [6.45, 7) is 1.71. The summed E-state index contributed by atoms with van der Waals surface area (Å²) in [5.41, 5.74) is 0.627. The Balaban J connectivity index is 2.67. The minimum atomic E-state index is -1.03. The molecule has 2 rings (SSSR count). The molecule has 1 aromatic rings. The molecule has 0 saturated carbocycles. The first-order valence-electron chi connectivity index (χ1n) is 3.93. The van der Waals surface area contributed by atoms with Gasteiger partial charge < -0.3 is 14.6 Å². The Hall–Kier alpha value is -1.42. The summed E-state index contributed by atoms with van der Waals surface area (Å²) in [5, 5.41) is 9.17. The van der Waals surface area contributed by atoms with Gasteiger partial charge in [-0.05, 0) is 18.6 Å². The van der Waals surface area contributed by atoms with Crippen LogP contribution in [0.15, 0.2) is 6.07 Å². The van der Waals surface area contributed by atoms with Crippen molar-refractivity contribution in [2.75, 3.05) is 6.79 Å². The van der Waals surface area contributed by atoms with Gasteiger partial charge in [-0.1, -0.05) is 11.6 Å². The molecule has 0 amide bonds. The Kier molecular flexibility index (Phi) is 2.00. The maximum Gasteiger partial charge on any atom is 0.336 e. The van der Waals surface area contributed by atoms with Gasteiger partial charge in [-0.3, -0.25) is 0 Å². The lowest BCUT2D eigenvalue weighted by atomic mass is 10.1. The molecule has 0 unspecified atom stereocenters. The molecule has 14 heavy (non-hydrogen) atoms. The van der Waals surface area contributed by atoms with Gasteiger partial charge in [0.2, 0.25) is 6.79 Å². The molecule has 1 aromatic carbocycles. The Morgan fingerprint density at radius 2 is 2.29 bits per heavy atom. The molecule has 0 fully saturated rings. The summed E-state index contributed by atoms with van der Waals surface area (Å²) < 4.78 is 10.2. The Morgan fingerprint density at radius 1 is 1.57 bits per heavy atom. The van der Waals surface area contributed by atoms with E-state index in [9.17, 15) is 4.79 Å². The van der Waals surface area contributed by atoms with Crippen molar-refractivity contribution in [2.45, 2.75) is 6.92 Å². The van der Waals surface area contributed by atoms with Crippen molar-refractivity contribution in [1.29, 1.82) is 0 Å². The normalized spacial score (nSPS) is 13.0. The average Bonchev–Trinajstić information content (AvgIpc) is 2.58. The van der Waals surface area contributed by atoms with Crippen molar-refractivity contribution in [3.63, 3.8) is 0 Å². The fraction of sp³-hybridized carbons (Fsp3) is 0.222. The number of carboxylic acid groups (broad SMARTS) is 1. The number of rotatable bonds is 1. The minimum Gasteiger partial charge on any atom is -0.478 e. The molecule has 1 heterocycles. The molecule has 0 atom stereocenters. The molecule has 0 bridgehead atoms. The maximum atomic E-state index is 10.8. The van der Waals surface area contributed by atoms with E-state index in [-0.39, 0.29) is 12.4 Å². The van der Waals surface area contributed by atoms with Crippen LogP contribution in [0.1, 0.15) is 15.9 Å². The topological polar surface area (TPSA) is 55.8 Å². The van der Waals surface area contributed by atoms with Gasteiger partial charge in [-0.25, -0.2) is 4.79 Å². The van der Waals surface area contributed by atoms with Crippen LogP contribution in [0.5, 0.6) is 11.5 Å². The smallest absolute Gasteiger partial charge is 0.336 e. The van der Waals surface area contributed by atoms with E-state index in [1.807, 2.05) is 0 Å².